The van der Waals surface area contributed by atoms with Crippen molar-refractivity contribution < 1.29 is 0 Å². The zero-order valence-corrected chi connectivity index (χ0v) is 20.7. The Morgan fingerprint density at radius 1 is 0.800 bits per heavy atom. The van der Waals surface area contributed by atoms with E-state index in [4.69, 9.17) is 23.2 Å². The predicted octanol–water partition coefficient (Wildman–Crippen LogP) is 7.46. The molecule has 0 aromatic heterocycles. The van der Waals surface area contributed by atoms with E-state index in [9.17, 15) is 0 Å². The highest BCUT2D eigenvalue weighted by Gasteiger charge is 2.30. The predicted molar refractivity (Wildman–Crippen MR) is 133 cm³/mol. The number of hydrogen-bond acceptors (Lipinski definition) is 2. The van der Waals surface area contributed by atoms with Crippen LogP contribution in [0.15, 0.2) is 46.8 Å². The van der Waals surface area contributed by atoms with Crippen molar-refractivity contribution in [3.63, 3.8) is 0 Å². The Bertz CT molecular complexity index is 920. The van der Waals surface area contributed by atoms with Crippen LogP contribution in [0.5, 0.6) is 0 Å². The molecule has 0 bridgehead atoms. The van der Waals surface area contributed by atoms with Crippen LogP contribution in [0, 0.1) is 41.5 Å². The van der Waals surface area contributed by atoms with Crippen molar-refractivity contribution in [2.75, 3.05) is 28.8 Å². The molecule has 0 N–H and O–H groups in total. The third-order valence-electron chi connectivity index (χ3n) is 5.80. The number of aryl methyl sites for hydroxylation is 6. The van der Waals surface area contributed by atoms with Crippen molar-refractivity contribution in [1.29, 1.82) is 0 Å². The molecule has 0 unspecified atom stereocenters. The van der Waals surface area contributed by atoms with E-state index in [-0.39, 0.29) is 0 Å². The molecule has 0 spiro atoms. The molecule has 0 radical (unpaired) electrons. The minimum absolute atomic E-state index is 0.322. The van der Waals surface area contributed by atoms with Crippen molar-refractivity contribution in [1.82, 2.24) is 0 Å². The Balaban J connectivity index is 2.21. The third kappa shape index (κ3) is 4.40. The average Bonchev–Trinajstić information content (AvgIpc) is 3.02. The molecular formula is C26H32Cl2N2. The van der Waals surface area contributed by atoms with Crippen molar-refractivity contribution in [3.05, 3.63) is 80.1 Å². The maximum Gasteiger partial charge on any atom is 0.113 e. The summed E-state index contributed by atoms with van der Waals surface area (Å²) in [5.41, 5.74) is 11.3. The summed E-state index contributed by atoms with van der Waals surface area (Å²) < 4.78 is 0. The number of hydrogen-bond donors (Lipinski definition) is 0. The second-order valence-corrected chi connectivity index (χ2v) is 9.25. The first kappa shape index (κ1) is 22.8. The zero-order valence-electron chi connectivity index (χ0n) is 19.2. The summed E-state index contributed by atoms with van der Waals surface area (Å²) in [4.78, 5) is 4.87. The average molecular weight is 443 g/mol. The van der Waals surface area contributed by atoms with Gasteiger partial charge in [0.2, 0.25) is 0 Å². The van der Waals surface area contributed by atoms with Crippen LogP contribution in [0.3, 0.4) is 0 Å². The number of benzene rings is 2. The summed E-state index contributed by atoms with van der Waals surface area (Å²) in [6.45, 7) is 17.0. The summed E-state index contributed by atoms with van der Waals surface area (Å²) >= 11 is 12.4. The first-order chi connectivity index (χ1) is 14.1. The van der Waals surface area contributed by atoms with Gasteiger partial charge < -0.3 is 9.80 Å². The molecular weight excluding hydrogens is 411 g/mol. The molecule has 4 heteroatoms. The minimum Gasteiger partial charge on any atom is -0.325 e. The van der Waals surface area contributed by atoms with E-state index >= 15 is 0 Å². The van der Waals surface area contributed by atoms with E-state index in [1.54, 1.807) is 0 Å². The number of halogens is 2. The summed E-state index contributed by atoms with van der Waals surface area (Å²) in [7, 11) is 0. The molecule has 0 amide bonds. The molecule has 2 aromatic rings. The fourth-order valence-corrected chi connectivity index (χ4v) is 5.02. The van der Waals surface area contributed by atoms with Gasteiger partial charge in [0.25, 0.3) is 0 Å². The number of allylic oxidation sites excluding steroid dienone is 3. The van der Waals surface area contributed by atoms with E-state index < -0.39 is 0 Å². The lowest BCUT2D eigenvalue weighted by atomic mass is 10.0. The highest BCUT2D eigenvalue weighted by Crippen LogP contribution is 2.38. The van der Waals surface area contributed by atoms with Gasteiger partial charge in [-0.25, -0.2) is 0 Å². The normalized spacial score (nSPS) is 15.0. The van der Waals surface area contributed by atoms with Gasteiger partial charge in [0.1, 0.15) is 5.82 Å². The third-order valence-corrected chi connectivity index (χ3v) is 6.64. The number of rotatable bonds is 4. The van der Waals surface area contributed by atoms with Gasteiger partial charge in [-0.3, -0.25) is 0 Å². The highest BCUT2D eigenvalue weighted by molar-refractivity contribution is 6.36. The maximum absolute atomic E-state index is 6.41. The summed E-state index contributed by atoms with van der Waals surface area (Å²) in [5.74, 6) is 1.48. The SMILES string of the molecule is CC(C=C1N(c2c(C)cc(C)cc2C)CCN1c1c(C)cc(C)cc1C)=C(Cl)CCl. The van der Waals surface area contributed by atoms with Gasteiger partial charge in [-0.05, 0) is 82.4 Å². The topological polar surface area (TPSA) is 6.48 Å². The molecule has 3 rings (SSSR count). The molecule has 1 heterocycles. The molecule has 0 atom stereocenters. The van der Waals surface area contributed by atoms with Crippen LogP contribution in [0.1, 0.15) is 40.3 Å². The standard InChI is InChI=1S/C26H32Cl2N2/c1-16-10-19(4)25(20(5)11-16)29-8-9-30(24(29)14-18(3)23(28)15-27)26-21(6)12-17(2)13-22(26)7/h10-14H,8-9,15H2,1-7H3. The minimum atomic E-state index is 0.322. The van der Waals surface area contributed by atoms with Gasteiger partial charge in [-0.2, -0.15) is 0 Å². The van der Waals surface area contributed by atoms with Crippen LogP contribution in [-0.4, -0.2) is 19.0 Å². The van der Waals surface area contributed by atoms with Gasteiger partial charge in [-0.1, -0.05) is 47.0 Å². The zero-order chi connectivity index (χ0) is 22.2. The lowest BCUT2D eigenvalue weighted by molar-refractivity contribution is 1.01. The number of anilines is 2. The molecule has 0 aliphatic carbocycles. The van der Waals surface area contributed by atoms with Gasteiger partial charge in [0, 0.05) is 29.5 Å². The molecule has 1 saturated heterocycles. The lowest BCUT2D eigenvalue weighted by Crippen LogP contribution is -2.25. The number of alkyl halides is 1. The second-order valence-electron chi connectivity index (χ2n) is 8.52. The van der Waals surface area contributed by atoms with Crippen LogP contribution < -0.4 is 9.80 Å². The Morgan fingerprint density at radius 2 is 1.17 bits per heavy atom. The first-order valence-electron chi connectivity index (χ1n) is 10.5. The van der Waals surface area contributed by atoms with Crippen molar-refractivity contribution >= 4 is 34.6 Å². The smallest absolute Gasteiger partial charge is 0.113 e. The Morgan fingerprint density at radius 3 is 1.50 bits per heavy atom. The van der Waals surface area contributed by atoms with Crippen LogP contribution in [0.4, 0.5) is 11.4 Å². The quantitative estimate of drug-likeness (QED) is 0.453. The van der Waals surface area contributed by atoms with Crippen molar-refractivity contribution in [3.8, 4) is 0 Å². The molecule has 1 aliphatic rings. The molecule has 2 aromatic carbocycles. The van der Waals surface area contributed by atoms with Gasteiger partial charge in [-0.15, -0.1) is 11.6 Å². The van der Waals surface area contributed by atoms with E-state index in [1.807, 2.05) is 6.92 Å². The van der Waals surface area contributed by atoms with Gasteiger partial charge in [0.05, 0.1) is 5.88 Å². The van der Waals surface area contributed by atoms with Gasteiger partial charge in [0.15, 0.2) is 0 Å². The summed E-state index contributed by atoms with van der Waals surface area (Å²) in [6.07, 6.45) is 2.19. The molecule has 1 aliphatic heterocycles. The molecule has 160 valence electrons. The van der Waals surface area contributed by atoms with E-state index in [0.29, 0.717) is 10.9 Å². The number of nitrogens with zero attached hydrogens (tertiary/aromatic N) is 2. The van der Waals surface area contributed by atoms with Crippen molar-refractivity contribution in [2.45, 2.75) is 48.5 Å². The fraction of sp³-hybridized carbons (Fsp3) is 0.385. The van der Waals surface area contributed by atoms with Crippen LogP contribution >= 0.6 is 23.2 Å². The van der Waals surface area contributed by atoms with E-state index in [0.717, 1.165) is 24.5 Å². The molecule has 2 nitrogen and oxygen atoms in total. The maximum atomic E-state index is 6.41. The lowest BCUT2D eigenvalue weighted by Gasteiger charge is -2.30. The van der Waals surface area contributed by atoms with E-state index in [2.05, 4.69) is 81.7 Å². The Kier molecular flexibility index (Phi) is 6.89. The summed E-state index contributed by atoms with van der Waals surface area (Å²) in [6, 6.07) is 9.05. The molecule has 30 heavy (non-hydrogen) atoms. The van der Waals surface area contributed by atoms with Crippen LogP contribution in [0.25, 0.3) is 0 Å². The van der Waals surface area contributed by atoms with Gasteiger partial charge >= 0.3 is 0 Å². The Labute approximate surface area is 191 Å². The summed E-state index contributed by atoms with van der Waals surface area (Å²) in [5, 5.41) is 0.686. The fourth-order valence-electron chi connectivity index (χ4n) is 4.76. The van der Waals surface area contributed by atoms with Crippen LogP contribution in [-0.2, 0) is 0 Å². The monoisotopic (exact) mass is 442 g/mol. The second kappa shape index (κ2) is 9.08. The Hall–Kier alpha value is -1.90. The molecule has 1 fully saturated rings. The largest absolute Gasteiger partial charge is 0.325 e. The van der Waals surface area contributed by atoms with Crippen molar-refractivity contribution in [2.24, 2.45) is 0 Å². The van der Waals surface area contributed by atoms with E-state index in [1.165, 1.54) is 44.8 Å². The van der Waals surface area contributed by atoms with Crippen LogP contribution in [0.2, 0.25) is 0 Å². The highest BCUT2D eigenvalue weighted by atomic mass is 35.5. The first-order valence-corrected chi connectivity index (χ1v) is 11.4. The molecule has 0 saturated carbocycles.